The Kier molecular flexibility index (Phi) is 3.73. The van der Waals surface area contributed by atoms with Crippen molar-refractivity contribution < 1.29 is 9.47 Å². The molecule has 2 aromatic carbocycles. The highest BCUT2D eigenvalue weighted by atomic mass is 16.6. The van der Waals surface area contributed by atoms with Crippen LogP contribution >= 0.6 is 0 Å². The Morgan fingerprint density at radius 1 is 0.950 bits per heavy atom. The second-order valence-corrected chi connectivity index (χ2v) is 4.89. The van der Waals surface area contributed by atoms with Crippen LogP contribution in [0.25, 0.3) is 0 Å². The second kappa shape index (κ2) is 5.83. The number of hydrogen-bond donors (Lipinski definition) is 0. The number of benzene rings is 2. The first-order valence-electron chi connectivity index (χ1n) is 6.94. The molecular weight excluding hydrogens is 248 g/mol. The summed E-state index contributed by atoms with van der Waals surface area (Å²) in [4.78, 5) is 0. The fraction of sp³-hybridized carbons (Fsp3) is 0.222. The Hall–Kier alpha value is -2.22. The van der Waals surface area contributed by atoms with Gasteiger partial charge in [0.25, 0.3) is 0 Å². The highest BCUT2D eigenvalue weighted by Gasteiger charge is 2.17. The van der Waals surface area contributed by atoms with Crippen LogP contribution in [0.4, 0.5) is 0 Å². The van der Waals surface area contributed by atoms with Crippen molar-refractivity contribution in [2.45, 2.75) is 12.3 Å². The van der Waals surface area contributed by atoms with E-state index in [1.807, 2.05) is 18.2 Å². The van der Waals surface area contributed by atoms with Gasteiger partial charge in [0.2, 0.25) is 0 Å². The molecule has 2 heteroatoms. The molecule has 0 amide bonds. The lowest BCUT2D eigenvalue weighted by atomic mass is 9.88. The summed E-state index contributed by atoms with van der Waals surface area (Å²) in [6.45, 7) is 5.13. The van der Waals surface area contributed by atoms with E-state index < -0.39 is 0 Å². The summed E-state index contributed by atoms with van der Waals surface area (Å²) in [5.74, 6) is 1.99. The summed E-state index contributed by atoms with van der Waals surface area (Å²) < 4.78 is 11.3. The lowest BCUT2D eigenvalue weighted by molar-refractivity contribution is 0.171. The van der Waals surface area contributed by atoms with Crippen LogP contribution in [0.1, 0.15) is 23.5 Å². The van der Waals surface area contributed by atoms with Crippen LogP contribution in [-0.4, -0.2) is 13.2 Å². The molecule has 0 aliphatic carbocycles. The van der Waals surface area contributed by atoms with Gasteiger partial charge in [-0.05, 0) is 29.7 Å². The number of fused-ring (bicyclic) bond motifs is 1. The predicted octanol–water partition coefficient (Wildman–Crippen LogP) is 4.17. The fourth-order valence-electron chi connectivity index (χ4n) is 2.59. The summed E-state index contributed by atoms with van der Waals surface area (Å²) in [5.41, 5.74) is 2.53. The maximum absolute atomic E-state index is 5.68. The normalized spacial score (nSPS) is 14.6. The summed E-state index contributed by atoms with van der Waals surface area (Å²) in [6, 6.07) is 16.7. The van der Waals surface area contributed by atoms with Crippen LogP contribution in [0.5, 0.6) is 11.5 Å². The van der Waals surface area contributed by atoms with E-state index in [1.165, 1.54) is 11.1 Å². The van der Waals surface area contributed by atoms with Gasteiger partial charge in [-0.2, -0.15) is 0 Å². The summed E-state index contributed by atoms with van der Waals surface area (Å²) in [7, 11) is 0. The number of rotatable bonds is 4. The molecule has 2 aromatic rings. The average molecular weight is 266 g/mol. The number of allylic oxidation sites excluding steroid dienone is 1. The molecule has 1 unspecified atom stereocenters. The van der Waals surface area contributed by atoms with E-state index >= 15 is 0 Å². The van der Waals surface area contributed by atoms with Crippen molar-refractivity contribution in [1.82, 2.24) is 0 Å². The van der Waals surface area contributed by atoms with Crippen LogP contribution < -0.4 is 9.47 Å². The van der Waals surface area contributed by atoms with Crippen molar-refractivity contribution >= 4 is 0 Å². The minimum absolute atomic E-state index is 0.310. The van der Waals surface area contributed by atoms with Gasteiger partial charge in [0, 0.05) is 5.92 Å². The van der Waals surface area contributed by atoms with Crippen molar-refractivity contribution in [2.75, 3.05) is 13.2 Å². The first-order chi connectivity index (χ1) is 9.88. The van der Waals surface area contributed by atoms with Crippen molar-refractivity contribution in [3.05, 3.63) is 72.3 Å². The highest BCUT2D eigenvalue weighted by molar-refractivity contribution is 5.47. The Morgan fingerprint density at radius 2 is 1.70 bits per heavy atom. The van der Waals surface area contributed by atoms with Gasteiger partial charge in [0.05, 0.1) is 0 Å². The zero-order valence-electron chi connectivity index (χ0n) is 11.4. The van der Waals surface area contributed by atoms with E-state index in [2.05, 4.69) is 43.0 Å². The molecule has 0 saturated heterocycles. The molecule has 0 radical (unpaired) electrons. The van der Waals surface area contributed by atoms with E-state index in [0.29, 0.717) is 19.1 Å². The lowest BCUT2D eigenvalue weighted by Crippen LogP contribution is -2.15. The third-order valence-corrected chi connectivity index (χ3v) is 3.57. The fourth-order valence-corrected chi connectivity index (χ4v) is 2.59. The topological polar surface area (TPSA) is 18.5 Å². The van der Waals surface area contributed by atoms with E-state index in [0.717, 1.165) is 17.9 Å². The van der Waals surface area contributed by atoms with Gasteiger partial charge in [-0.25, -0.2) is 0 Å². The molecule has 0 fully saturated rings. The first kappa shape index (κ1) is 12.8. The van der Waals surface area contributed by atoms with Crippen LogP contribution in [0, 0.1) is 0 Å². The molecule has 1 heterocycles. The Labute approximate surface area is 119 Å². The van der Waals surface area contributed by atoms with E-state index in [1.54, 1.807) is 0 Å². The predicted molar refractivity (Wildman–Crippen MR) is 80.5 cm³/mol. The van der Waals surface area contributed by atoms with Gasteiger partial charge in [-0.15, -0.1) is 6.58 Å². The average Bonchev–Trinajstić information content (AvgIpc) is 2.53. The minimum Gasteiger partial charge on any atom is -0.486 e. The largest absolute Gasteiger partial charge is 0.486 e. The monoisotopic (exact) mass is 266 g/mol. The molecule has 102 valence electrons. The van der Waals surface area contributed by atoms with Gasteiger partial charge in [0.15, 0.2) is 11.5 Å². The molecule has 20 heavy (non-hydrogen) atoms. The van der Waals surface area contributed by atoms with Crippen LogP contribution in [0.2, 0.25) is 0 Å². The number of ether oxygens (including phenoxy) is 2. The third kappa shape index (κ3) is 2.55. The SMILES string of the molecule is C=CCC(c1ccccc1)c1ccc2c(c1)OCCO2. The molecule has 0 saturated carbocycles. The minimum atomic E-state index is 0.310. The molecule has 3 rings (SSSR count). The number of hydrogen-bond acceptors (Lipinski definition) is 2. The van der Waals surface area contributed by atoms with Crippen LogP contribution in [0.15, 0.2) is 61.2 Å². The van der Waals surface area contributed by atoms with E-state index in [-0.39, 0.29) is 0 Å². The maximum atomic E-state index is 5.68. The summed E-state index contributed by atoms with van der Waals surface area (Å²) in [6.07, 6.45) is 2.87. The first-order valence-corrected chi connectivity index (χ1v) is 6.94. The van der Waals surface area contributed by atoms with Crippen molar-refractivity contribution in [3.8, 4) is 11.5 Å². The quantitative estimate of drug-likeness (QED) is 0.773. The van der Waals surface area contributed by atoms with Gasteiger partial charge >= 0.3 is 0 Å². The van der Waals surface area contributed by atoms with Crippen molar-refractivity contribution in [3.63, 3.8) is 0 Å². The van der Waals surface area contributed by atoms with Gasteiger partial charge in [-0.1, -0.05) is 42.5 Å². The van der Waals surface area contributed by atoms with Crippen LogP contribution in [-0.2, 0) is 0 Å². The van der Waals surface area contributed by atoms with E-state index in [4.69, 9.17) is 9.47 Å². The Bertz CT molecular complexity index is 590. The van der Waals surface area contributed by atoms with Gasteiger partial charge < -0.3 is 9.47 Å². The molecule has 0 N–H and O–H groups in total. The molecule has 1 aliphatic heterocycles. The summed E-state index contributed by atoms with van der Waals surface area (Å²) in [5, 5.41) is 0. The van der Waals surface area contributed by atoms with E-state index in [9.17, 15) is 0 Å². The Morgan fingerprint density at radius 3 is 2.45 bits per heavy atom. The molecule has 2 nitrogen and oxygen atoms in total. The summed E-state index contributed by atoms with van der Waals surface area (Å²) >= 11 is 0. The van der Waals surface area contributed by atoms with Gasteiger partial charge in [0.1, 0.15) is 13.2 Å². The molecule has 0 bridgehead atoms. The highest BCUT2D eigenvalue weighted by Crippen LogP contribution is 2.36. The third-order valence-electron chi connectivity index (χ3n) is 3.57. The molecule has 1 atom stereocenters. The Balaban J connectivity index is 1.97. The maximum Gasteiger partial charge on any atom is 0.161 e. The zero-order valence-corrected chi connectivity index (χ0v) is 11.4. The zero-order chi connectivity index (χ0) is 13.8. The smallest absolute Gasteiger partial charge is 0.161 e. The lowest BCUT2D eigenvalue weighted by Gasteiger charge is -2.22. The molecule has 0 aromatic heterocycles. The molecular formula is C18H18O2. The molecule has 0 spiro atoms. The van der Waals surface area contributed by atoms with Crippen molar-refractivity contribution in [1.29, 1.82) is 0 Å². The second-order valence-electron chi connectivity index (χ2n) is 4.89. The van der Waals surface area contributed by atoms with Gasteiger partial charge in [-0.3, -0.25) is 0 Å². The van der Waals surface area contributed by atoms with Crippen LogP contribution in [0.3, 0.4) is 0 Å². The van der Waals surface area contributed by atoms with Crippen molar-refractivity contribution in [2.24, 2.45) is 0 Å². The molecule has 1 aliphatic rings. The standard InChI is InChI=1S/C18H18O2/c1-2-6-16(14-7-4-3-5-8-14)15-9-10-17-18(13-15)20-12-11-19-17/h2-5,7-10,13,16H,1,6,11-12H2.